The summed E-state index contributed by atoms with van der Waals surface area (Å²) in [4.78, 5) is 2.54. The maximum absolute atomic E-state index is 4.66. The normalized spacial score (nSPS) is 11.1. The lowest BCUT2D eigenvalue weighted by Gasteiger charge is -2.26. The van der Waals surface area contributed by atoms with E-state index in [-0.39, 0.29) is 0 Å². The molecule has 4 heteroatoms. The molecule has 0 fully saturated rings. The third-order valence-electron chi connectivity index (χ3n) is 3.90. The van der Waals surface area contributed by atoms with Crippen molar-refractivity contribution in [2.24, 2.45) is 7.05 Å². The number of rotatable bonds is 11. The van der Waals surface area contributed by atoms with Crippen molar-refractivity contribution in [3.05, 3.63) is 11.3 Å². The topological polar surface area (TPSA) is 33.1 Å². The molecule has 0 radical (unpaired) electrons. The Bertz CT molecular complexity index is 390. The zero-order valence-corrected chi connectivity index (χ0v) is 14.7. The van der Waals surface area contributed by atoms with Crippen LogP contribution in [0.1, 0.15) is 64.1 Å². The van der Waals surface area contributed by atoms with Gasteiger partial charge < -0.3 is 10.2 Å². The Labute approximate surface area is 130 Å². The van der Waals surface area contributed by atoms with Gasteiger partial charge in [-0.2, -0.15) is 5.10 Å². The summed E-state index contributed by atoms with van der Waals surface area (Å²) in [7, 11) is 2.08. The highest BCUT2D eigenvalue weighted by Crippen LogP contribution is 2.24. The van der Waals surface area contributed by atoms with Crippen LogP contribution in [0.5, 0.6) is 0 Å². The van der Waals surface area contributed by atoms with E-state index in [9.17, 15) is 0 Å². The molecule has 0 saturated heterocycles. The van der Waals surface area contributed by atoms with Gasteiger partial charge in [-0.3, -0.25) is 4.68 Å². The fourth-order valence-electron chi connectivity index (χ4n) is 2.70. The predicted octanol–water partition coefficient (Wildman–Crippen LogP) is 3.63. The Morgan fingerprint density at radius 1 is 1.05 bits per heavy atom. The van der Waals surface area contributed by atoms with Crippen LogP contribution in [0.3, 0.4) is 0 Å². The van der Waals surface area contributed by atoms with Gasteiger partial charge in [0.2, 0.25) is 0 Å². The summed E-state index contributed by atoms with van der Waals surface area (Å²) in [5, 5.41) is 8.19. The van der Waals surface area contributed by atoms with E-state index in [4.69, 9.17) is 0 Å². The van der Waals surface area contributed by atoms with Crippen LogP contribution < -0.4 is 10.2 Å². The largest absolute Gasteiger partial charge is 0.357 e. The molecule has 1 aromatic rings. The molecule has 0 aliphatic heterocycles. The number of aryl methyl sites for hydroxylation is 2. The SMILES string of the molecule is CCCCN(CCCC)c1c(CNCCC)c(C)nn1C. The molecule has 0 aliphatic carbocycles. The first-order valence-electron chi connectivity index (χ1n) is 8.63. The zero-order chi connectivity index (χ0) is 15.7. The highest BCUT2D eigenvalue weighted by molar-refractivity contribution is 5.50. The highest BCUT2D eigenvalue weighted by atomic mass is 15.4. The molecule has 0 unspecified atom stereocenters. The van der Waals surface area contributed by atoms with Crippen molar-refractivity contribution in [2.75, 3.05) is 24.5 Å². The van der Waals surface area contributed by atoms with Crippen molar-refractivity contribution in [3.8, 4) is 0 Å². The Morgan fingerprint density at radius 3 is 2.19 bits per heavy atom. The monoisotopic (exact) mass is 294 g/mol. The van der Waals surface area contributed by atoms with E-state index >= 15 is 0 Å². The zero-order valence-electron chi connectivity index (χ0n) is 14.7. The molecule has 122 valence electrons. The van der Waals surface area contributed by atoms with Gasteiger partial charge >= 0.3 is 0 Å². The van der Waals surface area contributed by atoms with Crippen molar-refractivity contribution < 1.29 is 0 Å². The number of aromatic nitrogens is 2. The van der Waals surface area contributed by atoms with E-state index in [1.54, 1.807) is 0 Å². The van der Waals surface area contributed by atoms with Crippen molar-refractivity contribution in [1.82, 2.24) is 15.1 Å². The number of unbranched alkanes of at least 4 members (excludes halogenated alkanes) is 2. The summed E-state index contributed by atoms with van der Waals surface area (Å²) in [5.41, 5.74) is 2.53. The second-order valence-corrected chi connectivity index (χ2v) is 5.88. The molecular weight excluding hydrogens is 260 g/mol. The number of hydrogen-bond acceptors (Lipinski definition) is 3. The van der Waals surface area contributed by atoms with Gasteiger partial charge in [0.1, 0.15) is 5.82 Å². The molecule has 1 heterocycles. The van der Waals surface area contributed by atoms with Crippen LogP contribution in [-0.2, 0) is 13.6 Å². The number of anilines is 1. The summed E-state index contributed by atoms with van der Waals surface area (Å²) in [5.74, 6) is 1.32. The van der Waals surface area contributed by atoms with Gasteiger partial charge in [0.25, 0.3) is 0 Å². The average molecular weight is 294 g/mol. The Kier molecular flexibility index (Phi) is 8.43. The lowest BCUT2D eigenvalue weighted by atomic mass is 10.2. The Hall–Kier alpha value is -1.03. The summed E-state index contributed by atoms with van der Waals surface area (Å²) in [6.07, 6.45) is 6.14. The molecule has 1 N–H and O–H groups in total. The van der Waals surface area contributed by atoms with Gasteiger partial charge in [0, 0.05) is 32.2 Å². The maximum atomic E-state index is 4.66. The van der Waals surface area contributed by atoms with Crippen LogP contribution in [0.15, 0.2) is 0 Å². The van der Waals surface area contributed by atoms with Gasteiger partial charge in [-0.05, 0) is 32.7 Å². The molecule has 0 bridgehead atoms. The van der Waals surface area contributed by atoms with Crippen LogP contribution >= 0.6 is 0 Å². The van der Waals surface area contributed by atoms with Gasteiger partial charge in [-0.25, -0.2) is 0 Å². The summed E-state index contributed by atoms with van der Waals surface area (Å²) < 4.78 is 2.07. The lowest BCUT2D eigenvalue weighted by molar-refractivity contribution is 0.632. The first-order valence-corrected chi connectivity index (χ1v) is 8.63. The molecule has 0 aliphatic rings. The first-order chi connectivity index (χ1) is 10.2. The van der Waals surface area contributed by atoms with Crippen LogP contribution in [0.4, 0.5) is 5.82 Å². The average Bonchev–Trinajstić information content (AvgIpc) is 2.74. The molecule has 1 rings (SSSR count). The van der Waals surface area contributed by atoms with E-state index < -0.39 is 0 Å². The number of hydrogen-bond donors (Lipinski definition) is 1. The highest BCUT2D eigenvalue weighted by Gasteiger charge is 2.18. The maximum Gasteiger partial charge on any atom is 0.131 e. The predicted molar refractivity (Wildman–Crippen MR) is 92.0 cm³/mol. The van der Waals surface area contributed by atoms with Crippen molar-refractivity contribution in [2.45, 2.75) is 66.3 Å². The minimum Gasteiger partial charge on any atom is -0.357 e. The molecule has 0 atom stereocenters. The van der Waals surface area contributed by atoms with Crippen molar-refractivity contribution in [1.29, 1.82) is 0 Å². The van der Waals surface area contributed by atoms with Crippen molar-refractivity contribution >= 4 is 5.82 Å². The van der Waals surface area contributed by atoms with Crippen LogP contribution in [0, 0.1) is 6.92 Å². The molecule has 0 spiro atoms. The molecule has 1 aromatic heterocycles. The van der Waals surface area contributed by atoms with Gasteiger partial charge in [0.05, 0.1) is 5.69 Å². The van der Waals surface area contributed by atoms with Gasteiger partial charge in [0.15, 0.2) is 0 Å². The van der Waals surface area contributed by atoms with Gasteiger partial charge in [-0.1, -0.05) is 33.6 Å². The minimum atomic E-state index is 0.928. The molecule has 4 nitrogen and oxygen atoms in total. The van der Waals surface area contributed by atoms with Crippen LogP contribution in [-0.4, -0.2) is 29.4 Å². The van der Waals surface area contributed by atoms with E-state index in [1.807, 2.05) is 0 Å². The molecular formula is C17H34N4. The Balaban J connectivity index is 2.92. The molecule has 21 heavy (non-hydrogen) atoms. The molecule has 0 aromatic carbocycles. The smallest absolute Gasteiger partial charge is 0.131 e. The molecule has 0 amide bonds. The van der Waals surface area contributed by atoms with Crippen LogP contribution in [0.25, 0.3) is 0 Å². The van der Waals surface area contributed by atoms with E-state index in [2.05, 4.69) is 54.7 Å². The first kappa shape index (κ1) is 18.0. The van der Waals surface area contributed by atoms with E-state index in [0.29, 0.717) is 0 Å². The molecule has 0 saturated carbocycles. The van der Waals surface area contributed by atoms with Crippen LogP contribution in [0.2, 0.25) is 0 Å². The number of nitrogens with zero attached hydrogens (tertiary/aromatic N) is 3. The third-order valence-corrected chi connectivity index (χ3v) is 3.90. The van der Waals surface area contributed by atoms with Gasteiger partial charge in [-0.15, -0.1) is 0 Å². The summed E-state index contributed by atoms with van der Waals surface area (Å²) >= 11 is 0. The quantitative estimate of drug-likeness (QED) is 0.633. The fraction of sp³-hybridized carbons (Fsp3) is 0.824. The fourth-order valence-corrected chi connectivity index (χ4v) is 2.70. The summed E-state index contributed by atoms with van der Waals surface area (Å²) in [6.45, 7) is 13.1. The van der Waals surface area contributed by atoms with E-state index in [0.717, 1.165) is 31.9 Å². The van der Waals surface area contributed by atoms with Crippen molar-refractivity contribution in [3.63, 3.8) is 0 Å². The second kappa shape index (κ2) is 9.82. The minimum absolute atomic E-state index is 0.928. The second-order valence-electron chi connectivity index (χ2n) is 5.88. The lowest BCUT2D eigenvalue weighted by Crippen LogP contribution is -2.29. The standard InChI is InChI=1S/C17H34N4/c1-6-9-12-21(13-10-7-2)17-16(14-18-11-8-3)15(4)19-20(17)5/h18H,6-14H2,1-5H3. The summed E-state index contributed by atoms with van der Waals surface area (Å²) in [6, 6.07) is 0. The Morgan fingerprint density at radius 2 is 1.67 bits per heavy atom. The third kappa shape index (κ3) is 5.34. The van der Waals surface area contributed by atoms with E-state index in [1.165, 1.54) is 43.5 Å². The number of nitrogens with one attached hydrogen (secondary N) is 1.